The first kappa shape index (κ1) is 14.0. The Kier molecular flexibility index (Phi) is 4.71. The Labute approximate surface area is 106 Å². The molecule has 0 aliphatic rings. The predicted octanol–water partition coefficient (Wildman–Crippen LogP) is 1.09. The smallest absolute Gasteiger partial charge is 0.394 e. The normalized spacial score (nSPS) is 9.94. The molecule has 0 unspecified atom stereocenters. The Hall–Kier alpha value is -2.04. The Balaban J connectivity index is 2.71. The van der Waals surface area contributed by atoms with Gasteiger partial charge in [-0.3, -0.25) is 4.79 Å². The van der Waals surface area contributed by atoms with E-state index in [0.29, 0.717) is 13.0 Å². The number of carboxylic acids is 1. The summed E-state index contributed by atoms with van der Waals surface area (Å²) in [5.74, 6) is -1.59. The highest BCUT2D eigenvalue weighted by Crippen LogP contribution is 2.20. The van der Waals surface area contributed by atoms with Crippen molar-refractivity contribution >= 4 is 11.9 Å². The summed E-state index contributed by atoms with van der Waals surface area (Å²) in [7, 11) is 3.05. The van der Waals surface area contributed by atoms with Gasteiger partial charge in [0.15, 0.2) is 0 Å². The number of carbonyl (C=O) groups is 2. The van der Waals surface area contributed by atoms with E-state index in [0.717, 1.165) is 16.9 Å². The Morgan fingerprint density at radius 1 is 1.39 bits per heavy atom. The first-order valence-corrected chi connectivity index (χ1v) is 5.57. The van der Waals surface area contributed by atoms with Gasteiger partial charge in [0, 0.05) is 13.6 Å². The lowest BCUT2D eigenvalue weighted by atomic mass is 10.1. The van der Waals surface area contributed by atoms with Crippen molar-refractivity contribution in [3.63, 3.8) is 0 Å². The molecule has 0 saturated carbocycles. The van der Waals surface area contributed by atoms with Crippen LogP contribution in [-0.4, -0.2) is 42.6 Å². The summed E-state index contributed by atoms with van der Waals surface area (Å²) < 4.78 is 5.22. The summed E-state index contributed by atoms with van der Waals surface area (Å²) in [5.41, 5.74) is 2.06. The lowest BCUT2D eigenvalue weighted by Gasteiger charge is -2.16. The highest BCUT2D eigenvalue weighted by molar-refractivity contribution is 6.31. The topological polar surface area (TPSA) is 66.8 Å². The van der Waals surface area contributed by atoms with E-state index in [1.54, 1.807) is 7.11 Å². The predicted molar refractivity (Wildman–Crippen MR) is 66.7 cm³/mol. The number of methoxy groups -OCH3 is 1. The summed E-state index contributed by atoms with van der Waals surface area (Å²) in [6, 6.07) is 5.77. The highest BCUT2D eigenvalue weighted by Gasteiger charge is 2.17. The summed E-state index contributed by atoms with van der Waals surface area (Å²) >= 11 is 0. The van der Waals surface area contributed by atoms with Crippen molar-refractivity contribution in [3.05, 3.63) is 29.3 Å². The van der Waals surface area contributed by atoms with Gasteiger partial charge < -0.3 is 14.7 Å². The average Bonchev–Trinajstić information content (AvgIpc) is 2.35. The van der Waals surface area contributed by atoms with Crippen LogP contribution < -0.4 is 4.74 Å². The molecule has 0 heterocycles. The van der Waals surface area contributed by atoms with Crippen LogP contribution in [0.4, 0.5) is 0 Å². The number of aryl methyl sites for hydroxylation is 1. The molecule has 0 radical (unpaired) electrons. The maximum absolute atomic E-state index is 11.2. The number of aliphatic carboxylic acids is 1. The molecule has 1 aromatic carbocycles. The molecule has 1 rings (SSSR count). The lowest BCUT2D eigenvalue weighted by molar-refractivity contribution is -0.155. The second-order valence-electron chi connectivity index (χ2n) is 4.10. The molecule has 5 heteroatoms. The van der Waals surface area contributed by atoms with Gasteiger partial charge in [0.1, 0.15) is 5.75 Å². The zero-order valence-electron chi connectivity index (χ0n) is 10.8. The highest BCUT2D eigenvalue weighted by atomic mass is 16.5. The maximum atomic E-state index is 11.2. The monoisotopic (exact) mass is 251 g/mol. The Morgan fingerprint density at radius 3 is 2.61 bits per heavy atom. The van der Waals surface area contributed by atoms with E-state index in [1.165, 1.54) is 11.9 Å². The zero-order chi connectivity index (χ0) is 13.7. The fourth-order valence-corrected chi connectivity index (χ4v) is 1.66. The molecule has 0 aromatic heterocycles. The number of hydrogen-bond donors (Lipinski definition) is 1. The fourth-order valence-electron chi connectivity index (χ4n) is 1.66. The number of benzene rings is 1. The first-order chi connectivity index (χ1) is 8.45. The number of carboxylic acid groups (broad SMARTS) is 1. The molecule has 18 heavy (non-hydrogen) atoms. The maximum Gasteiger partial charge on any atom is 0.394 e. The first-order valence-electron chi connectivity index (χ1n) is 5.57. The van der Waals surface area contributed by atoms with E-state index < -0.39 is 11.9 Å². The van der Waals surface area contributed by atoms with Gasteiger partial charge in [-0.15, -0.1) is 0 Å². The molecule has 0 aliphatic carbocycles. The molecule has 0 atom stereocenters. The SMILES string of the molecule is COc1ccc(C)cc1CCN(C)C(=O)C(=O)O. The quantitative estimate of drug-likeness (QED) is 0.813. The molecule has 0 fully saturated rings. The molecule has 0 bridgehead atoms. The Morgan fingerprint density at radius 2 is 2.06 bits per heavy atom. The van der Waals surface area contributed by atoms with Crippen molar-refractivity contribution in [2.45, 2.75) is 13.3 Å². The minimum Gasteiger partial charge on any atom is -0.496 e. The molecule has 0 aliphatic heterocycles. The van der Waals surface area contributed by atoms with Gasteiger partial charge in [0.2, 0.25) is 0 Å². The minimum atomic E-state index is -1.44. The van der Waals surface area contributed by atoms with Crippen LogP contribution in [0.5, 0.6) is 5.75 Å². The number of hydrogen-bond acceptors (Lipinski definition) is 3. The van der Waals surface area contributed by atoms with Crippen LogP contribution in [0, 0.1) is 6.92 Å². The van der Waals surface area contributed by atoms with E-state index in [9.17, 15) is 9.59 Å². The van der Waals surface area contributed by atoms with Gasteiger partial charge in [-0.1, -0.05) is 17.7 Å². The molecular weight excluding hydrogens is 234 g/mol. The van der Waals surface area contributed by atoms with Crippen molar-refractivity contribution in [2.24, 2.45) is 0 Å². The van der Waals surface area contributed by atoms with E-state index in [4.69, 9.17) is 9.84 Å². The molecule has 1 N–H and O–H groups in total. The summed E-state index contributed by atoms with van der Waals surface area (Å²) in [4.78, 5) is 22.9. The van der Waals surface area contributed by atoms with Gasteiger partial charge >= 0.3 is 11.9 Å². The minimum absolute atomic E-state index is 0.338. The van der Waals surface area contributed by atoms with E-state index in [2.05, 4.69) is 0 Å². The fraction of sp³-hybridized carbons (Fsp3) is 0.385. The van der Waals surface area contributed by atoms with Crippen LogP contribution in [0.1, 0.15) is 11.1 Å². The second-order valence-corrected chi connectivity index (χ2v) is 4.10. The van der Waals surface area contributed by atoms with Gasteiger partial charge in [0.05, 0.1) is 7.11 Å². The van der Waals surface area contributed by atoms with Crippen molar-refractivity contribution in [3.8, 4) is 5.75 Å². The lowest BCUT2D eigenvalue weighted by Crippen LogP contribution is -2.34. The zero-order valence-corrected chi connectivity index (χ0v) is 10.8. The summed E-state index contributed by atoms with van der Waals surface area (Å²) in [5, 5.41) is 8.58. The third-order valence-corrected chi connectivity index (χ3v) is 2.68. The van der Waals surface area contributed by atoms with Crippen molar-refractivity contribution in [1.29, 1.82) is 0 Å². The van der Waals surface area contributed by atoms with Crippen LogP contribution in [0.3, 0.4) is 0 Å². The van der Waals surface area contributed by atoms with Crippen LogP contribution in [0.15, 0.2) is 18.2 Å². The number of amides is 1. The molecule has 1 amide bonds. The average molecular weight is 251 g/mol. The number of rotatable bonds is 4. The second kappa shape index (κ2) is 6.05. The summed E-state index contributed by atoms with van der Waals surface area (Å²) in [6.07, 6.45) is 0.556. The molecule has 1 aromatic rings. The third kappa shape index (κ3) is 3.48. The molecule has 98 valence electrons. The van der Waals surface area contributed by atoms with Gasteiger partial charge in [0.25, 0.3) is 0 Å². The largest absolute Gasteiger partial charge is 0.496 e. The van der Waals surface area contributed by atoms with Crippen LogP contribution in [0.2, 0.25) is 0 Å². The van der Waals surface area contributed by atoms with Gasteiger partial charge in [-0.2, -0.15) is 0 Å². The van der Waals surface area contributed by atoms with Gasteiger partial charge in [-0.25, -0.2) is 4.79 Å². The van der Waals surface area contributed by atoms with Crippen molar-refractivity contribution in [1.82, 2.24) is 4.90 Å². The van der Waals surface area contributed by atoms with Crippen LogP contribution >= 0.6 is 0 Å². The van der Waals surface area contributed by atoms with E-state index in [-0.39, 0.29) is 0 Å². The van der Waals surface area contributed by atoms with E-state index >= 15 is 0 Å². The number of carbonyl (C=O) groups excluding carboxylic acids is 1. The Bertz CT molecular complexity index is 456. The van der Waals surface area contributed by atoms with Crippen molar-refractivity contribution < 1.29 is 19.4 Å². The number of nitrogens with zero attached hydrogens (tertiary/aromatic N) is 1. The van der Waals surface area contributed by atoms with Gasteiger partial charge in [-0.05, 0) is 25.0 Å². The molecule has 5 nitrogen and oxygen atoms in total. The van der Waals surface area contributed by atoms with Crippen LogP contribution in [0.25, 0.3) is 0 Å². The van der Waals surface area contributed by atoms with E-state index in [1.807, 2.05) is 25.1 Å². The van der Waals surface area contributed by atoms with Crippen molar-refractivity contribution in [2.75, 3.05) is 20.7 Å². The van der Waals surface area contributed by atoms with Crippen LogP contribution in [-0.2, 0) is 16.0 Å². The third-order valence-electron chi connectivity index (χ3n) is 2.68. The molecular formula is C13H17NO4. The molecule has 0 saturated heterocycles. The standard InChI is InChI=1S/C13H17NO4/c1-9-4-5-11(18-3)10(8-9)6-7-14(2)12(15)13(16)17/h4-5,8H,6-7H2,1-3H3,(H,16,17). The molecule has 0 spiro atoms. The number of likely N-dealkylation sites (N-methyl/N-ethyl adjacent to an activating group) is 1. The number of ether oxygens (including phenoxy) is 1. The summed E-state index contributed by atoms with van der Waals surface area (Å²) in [6.45, 7) is 2.31.